The van der Waals surface area contributed by atoms with Gasteiger partial charge in [0.1, 0.15) is 11.4 Å². The quantitative estimate of drug-likeness (QED) is 0.922. The second-order valence-corrected chi connectivity index (χ2v) is 8.67. The van der Waals surface area contributed by atoms with Gasteiger partial charge in [-0.3, -0.25) is 0 Å². The van der Waals surface area contributed by atoms with Gasteiger partial charge >= 0.3 is 0 Å². The lowest BCUT2D eigenvalue weighted by Gasteiger charge is -2.31. The number of rotatable bonds is 3. The van der Waals surface area contributed by atoms with Crippen LogP contribution in [0, 0.1) is 0 Å². The third kappa shape index (κ3) is 3.33. The van der Waals surface area contributed by atoms with Crippen molar-refractivity contribution in [3.63, 3.8) is 0 Å². The van der Waals surface area contributed by atoms with Crippen molar-refractivity contribution < 1.29 is 9.84 Å². The molecule has 2 heterocycles. The molecule has 0 aliphatic carbocycles. The van der Waals surface area contributed by atoms with Gasteiger partial charge < -0.3 is 9.84 Å². The first-order valence-corrected chi connectivity index (χ1v) is 8.11. The van der Waals surface area contributed by atoms with E-state index in [1.54, 1.807) is 0 Å². The summed E-state index contributed by atoms with van der Waals surface area (Å²) in [5.74, 6) is 1.12. The van der Waals surface area contributed by atoms with E-state index in [1.165, 1.54) is 0 Å². The topological polar surface area (TPSA) is 55.2 Å². The lowest BCUT2D eigenvalue weighted by molar-refractivity contribution is -0.0814. The van der Waals surface area contributed by atoms with Crippen molar-refractivity contribution >= 4 is 0 Å². The largest absolute Gasteiger partial charge is 0.390 e. The summed E-state index contributed by atoms with van der Waals surface area (Å²) in [4.78, 5) is 9.64. The van der Waals surface area contributed by atoms with E-state index < -0.39 is 11.2 Å². The van der Waals surface area contributed by atoms with Crippen molar-refractivity contribution in [1.82, 2.24) is 9.97 Å². The average Bonchev–Trinajstić information content (AvgIpc) is 2.62. The molecule has 4 heteroatoms. The molecule has 4 nitrogen and oxygen atoms in total. The van der Waals surface area contributed by atoms with Crippen LogP contribution in [-0.2, 0) is 22.4 Å². The number of aliphatic hydroxyl groups is 1. The summed E-state index contributed by atoms with van der Waals surface area (Å²) in [7, 11) is 0. The third-order valence-electron chi connectivity index (χ3n) is 4.06. The Morgan fingerprint density at radius 2 is 1.77 bits per heavy atom. The SMILES string of the molecule is CC(C)c1nc(C(C)(C)C)c2c(n1)C(C)(CC(C)(C)O)OC2. The van der Waals surface area contributed by atoms with Crippen molar-refractivity contribution in [2.24, 2.45) is 0 Å². The van der Waals surface area contributed by atoms with Crippen molar-refractivity contribution in [3.8, 4) is 0 Å². The van der Waals surface area contributed by atoms with Gasteiger partial charge in [0.2, 0.25) is 0 Å². The predicted octanol–water partition coefficient (Wildman–Crippen LogP) is 3.80. The van der Waals surface area contributed by atoms with E-state index in [2.05, 4.69) is 34.6 Å². The molecular formula is C18H30N2O2. The molecule has 0 saturated carbocycles. The van der Waals surface area contributed by atoms with Crippen LogP contribution in [0.4, 0.5) is 0 Å². The van der Waals surface area contributed by atoms with Crippen LogP contribution in [0.3, 0.4) is 0 Å². The molecule has 0 bridgehead atoms. The van der Waals surface area contributed by atoms with Crippen molar-refractivity contribution in [1.29, 1.82) is 0 Å². The summed E-state index contributed by atoms with van der Waals surface area (Å²) in [6, 6.07) is 0. The standard InChI is InChI=1S/C18H30N2O2/c1-11(2)15-19-13(16(3,4)5)12-9-22-18(8,14(12)20-15)10-17(6,7)21/h11,21H,9-10H2,1-8H3. The highest BCUT2D eigenvalue weighted by Crippen LogP contribution is 2.43. The van der Waals surface area contributed by atoms with E-state index in [-0.39, 0.29) is 11.3 Å². The molecule has 1 aliphatic rings. The fraction of sp³-hybridized carbons (Fsp3) is 0.778. The molecule has 1 aromatic rings. The van der Waals surface area contributed by atoms with Gasteiger partial charge in [0, 0.05) is 23.3 Å². The molecule has 2 rings (SSSR count). The van der Waals surface area contributed by atoms with Crippen molar-refractivity contribution in [3.05, 3.63) is 22.8 Å². The zero-order valence-corrected chi connectivity index (χ0v) is 15.2. The van der Waals surface area contributed by atoms with Crippen LogP contribution in [-0.4, -0.2) is 20.7 Å². The Bertz CT molecular complexity index is 568. The van der Waals surface area contributed by atoms with Crippen LogP contribution in [0.2, 0.25) is 0 Å². The molecule has 1 aliphatic heterocycles. The summed E-state index contributed by atoms with van der Waals surface area (Å²) in [6.07, 6.45) is 0.519. The predicted molar refractivity (Wildman–Crippen MR) is 87.9 cm³/mol. The molecule has 1 unspecified atom stereocenters. The first-order valence-electron chi connectivity index (χ1n) is 8.11. The fourth-order valence-electron chi connectivity index (χ4n) is 3.21. The Morgan fingerprint density at radius 1 is 1.18 bits per heavy atom. The Balaban J connectivity index is 2.62. The van der Waals surface area contributed by atoms with Gasteiger partial charge in [-0.1, -0.05) is 34.6 Å². The van der Waals surface area contributed by atoms with Gasteiger partial charge in [0.05, 0.1) is 23.6 Å². The molecule has 0 fully saturated rings. The van der Waals surface area contributed by atoms with Crippen LogP contribution in [0.1, 0.15) is 90.5 Å². The zero-order chi connectivity index (χ0) is 16.9. The number of hydrogen-bond acceptors (Lipinski definition) is 4. The second-order valence-electron chi connectivity index (χ2n) is 8.67. The first kappa shape index (κ1) is 17.4. The van der Waals surface area contributed by atoms with Gasteiger partial charge in [-0.15, -0.1) is 0 Å². The van der Waals surface area contributed by atoms with E-state index in [0.717, 1.165) is 22.8 Å². The number of nitrogens with zero attached hydrogens (tertiary/aromatic N) is 2. The van der Waals surface area contributed by atoms with E-state index in [4.69, 9.17) is 14.7 Å². The van der Waals surface area contributed by atoms with Crippen molar-refractivity contribution in [2.45, 2.75) is 91.0 Å². The first-order chi connectivity index (χ1) is 9.83. The van der Waals surface area contributed by atoms with E-state index in [0.29, 0.717) is 13.0 Å². The van der Waals surface area contributed by atoms with Gasteiger partial charge in [-0.2, -0.15) is 0 Å². The van der Waals surface area contributed by atoms with Crippen LogP contribution in [0.5, 0.6) is 0 Å². The molecule has 1 N–H and O–H groups in total. The Morgan fingerprint density at radius 3 is 2.23 bits per heavy atom. The smallest absolute Gasteiger partial charge is 0.131 e. The van der Waals surface area contributed by atoms with E-state index in [1.807, 2.05) is 20.8 Å². The molecule has 124 valence electrons. The molecule has 0 saturated heterocycles. The Hall–Kier alpha value is -1.00. The molecule has 1 aromatic heterocycles. The average molecular weight is 306 g/mol. The number of fused-ring (bicyclic) bond motifs is 1. The molecule has 1 atom stereocenters. The molecule has 0 amide bonds. The van der Waals surface area contributed by atoms with Crippen molar-refractivity contribution in [2.75, 3.05) is 0 Å². The summed E-state index contributed by atoms with van der Waals surface area (Å²) in [6.45, 7) is 16.9. The summed E-state index contributed by atoms with van der Waals surface area (Å²) in [5, 5.41) is 10.3. The molecule has 0 spiro atoms. The zero-order valence-electron chi connectivity index (χ0n) is 15.2. The minimum absolute atomic E-state index is 0.0555. The number of aromatic nitrogens is 2. The van der Waals surface area contributed by atoms with Crippen LogP contribution in [0.15, 0.2) is 0 Å². The van der Waals surface area contributed by atoms with Gasteiger partial charge in [-0.05, 0) is 20.8 Å². The Kier molecular flexibility index (Phi) is 4.16. The maximum atomic E-state index is 10.3. The van der Waals surface area contributed by atoms with Crippen LogP contribution < -0.4 is 0 Å². The maximum Gasteiger partial charge on any atom is 0.131 e. The number of hydrogen-bond donors (Lipinski definition) is 1. The van der Waals surface area contributed by atoms with E-state index in [9.17, 15) is 5.11 Å². The maximum absolute atomic E-state index is 10.3. The summed E-state index contributed by atoms with van der Waals surface area (Å²) < 4.78 is 6.09. The van der Waals surface area contributed by atoms with Gasteiger partial charge in [0.25, 0.3) is 0 Å². The highest BCUT2D eigenvalue weighted by molar-refractivity contribution is 5.37. The van der Waals surface area contributed by atoms with Gasteiger partial charge in [-0.25, -0.2) is 9.97 Å². The number of ether oxygens (including phenoxy) is 1. The second kappa shape index (κ2) is 5.27. The minimum Gasteiger partial charge on any atom is -0.390 e. The molecule has 22 heavy (non-hydrogen) atoms. The summed E-state index contributed by atoms with van der Waals surface area (Å²) >= 11 is 0. The molecule has 0 aromatic carbocycles. The van der Waals surface area contributed by atoms with Gasteiger partial charge in [0.15, 0.2) is 0 Å². The van der Waals surface area contributed by atoms with Crippen LogP contribution in [0.25, 0.3) is 0 Å². The monoisotopic (exact) mass is 306 g/mol. The fourth-order valence-corrected chi connectivity index (χ4v) is 3.21. The van der Waals surface area contributed by atoms with E-state index >= 15 is 0 Å². The minimum atomic E-state index is -0.804. The highest BCUT2D eigenvalue weighted by Gasteiger charge is 2.44. The lowest BCUT2D eigenvalue weighted by atomic mass is 9.83. The normalized spacial score (nSPS) is 22.3. The molecule has 0 radical (unpaired) electrons. The lowest BCUT2D eigenvalue weighted by Crippen LogP contribution is -2.34. The van der Waals surface area contributed by atoms with Crippen LogP contribution >= 0.6 is 0 Å². The Labute approximate surface area is 134 Å². The summed E-state index contributed by atoms with van der Waals surface area (Å²) in [5.41, 5.74) is 1.71. The molecular weight excluding hydrogens is 276 g/mol. The third-order valence-corrected chi connectivity index (χ3v) is 4.06. The highest BCUT2D eigenvalue weighted by atomic mass is 16.5.